The lowest BCUT2D eigenvalue weighted by atomic mass is 10.3. The van der Waals surface area contributed by atoms with Gasteiger partial charge in [-0.1, -0.05) is 18.2 Å². The van der Waals surface area contributed by atoms with Crippen LogP contribution in [0.3, 0.4) is 0 Å². The van der Waals surface area contributed by atoms with Gasteiger partial charge in [0.25, 0.3) is 0 Å². The summed E-state index contributed by atoms with van der Waals surface area (Å²) in [6.45, 7) is 0.443. The van der Waals surface area contributed by atoms with Gasteiger partial charge in [0.15, 0.2) is 0 Å². The summed E-state index contributed by atoms with van der Waals surface area (Å²) >= 11 is 1.64. The Kier molecular flexibility index (Phi) is 3.24. The highest BCUT2D eigenvalue weighted by Gasteiger charge is 2.05. The van der Waals surface area contributed by atoms with Crippen LogP contribution in [0.15, 0.2) is 54.9 Å². The average molecular weight is 309 g/mol. The zero-order chi connectivity index (χ0) is 14.8. The average Bonchev–Trinajstić information content (AvgIpc) is 3.22. The first kappa shape index (κ1) is 12.9. The smallest absolute Gasteiger partial charge is 0.143 e. The molecule has 22 heavy (non-hydrogen) atoms. The molecular formula is C15H11N5OS. The number of rotatable bonds is 4. The van der Waals surface area contributed by atoms with Crippen molar-refractivity contribution in [1.82, 2.24) is 25.2 Å². The number of hydrogen-bond donors (Lipinski definition) is 0. The lowest BCUT2D eigenvalue weighted by Gasteiger charge is -2.05. The molecule has 0 bridgehead atoms. The second-order valence-electron chi connectivity index (χ2n) is 4.62. The van der Waals surface area contributed by atoms with E-state index in [4.69, 9.17) is 4.74 Å². The van der Waals surface area contributed by atoms with E-state index >= 15 is 0 Å². The molecule has 0 aliphatic carbocycles. The summed E-state index contributed by atoms with van der Waals surface area (Å²) in [5, 5.41) is 12.1. The Bertz CT molecular complexity index is 870. The molecule has 4 aromatic rings. The first-order valence-electron chi connectivity index (χ1n) is 6.69. The van der Waals surface area contributed by atoms with Crippen molar-refractivity contribution in [3.8, 4) is 11.4 Å². The normalized spacial score (nSPS) is 10.9. The summed E-state index contributed by atoms with van der Waals surface area (Å²) in [5.74, 6) is 0.757. The van der Waals surface area contributed by atoms with Crippen LogP contribution in [-0.2, 0) is 6.61 Å². The highest BCUT2D eigenvalue weighted by molar-refractivity contribution is 7.18. The molecule has 0 saturated heterocycles. The summed E-state index contributed by atoms with van der Waals surface area (Å²) in [7, 11) is 0. The second-order valence-corrected chi connectivity index (χ2v) is 5.73. The molecule has 4 rings (SSSR count). The Morgan fingerprint density at radius 2 is 2.05 bits per heavy atom. The number of fused-ring (bicyclic) bond motifs is 1. The van der Waals surface area contributed by atoms with Crippen LogP contribution in [0.4, 0.5) is 0 Å². The Hall–Kier alpha value is -2.80. The van der Waals surface area contributed by atoms with Crippen LogP contribution in [0.5, 0.6) is 5.75 Å². The van der Waals surface area contributed by atoms with Crippen LogP contribution >= 0.6 is 11.3 Å². The predicted octanol–water partition coefficient (Wildman–Crippen LogP) is 2.85. The summed E-state index contributed by atoms with van der Waals surface area (Å²) in [6.07, 6.45) is 1.55. The molecule has 0 unspecified atom stereocenters. The van der Waals surface area contributed by atoms with E-state index in [0.717, 1.165) is 22.0 Å². The Balaban J connectivity index is 1.53. The molecule has 2 aromatic heterocycles. The SMILES string of the molecule is c1cc(OCc2nc3ccccc3s2)cc(-n2cnnn2)c1. The predicted molar refractivity (Wildman–Crippen MR) is 83.1 cm³/mol. The number of ether oxygens (including phenoxy) is 1. The number of tetrazole rings is 1. The summed E-state index contributed by atoms with van der Waals surface area (Å²) in [4.78, 5) is 4.56. The molecule has 2 heterocycles. The molecule has 108 valence electrons. The number of aromatic nitrogens is 5. The van der Waals surface area contributed by atoms with Gasteiger partial charge in [-0.15, -0.1) is 16.4 Å². The van der Waals surface area contributed by atoms with Crippen LogP contribution in [0.2, 0.25) is 0 Å². The van der Waals surface area contributed by atoms with Crippen LogP contribution < -0.4 is 4.74 Å². The zero-order valence-corrected chi connectivity index (χ0v) is 12.3. The van der Waals surface area contributed by atoms with Gasteiger partial charge in [-0.05, 0) is 34.7 Å². The monoisotopic (exact) mass is 309 g/mol. The minimum atomic E-state index is 0.443. The number of thiazole rings is 1. The first-order chi connectivity index (χ1) is 10.9. The first-order valence-corrected chi connectivity index (χ1v) is 7.51. The topological polar surface area (TPSA) is 65.7 Å². The standard InChI is InChI=1S/C15H11N5OS/c1-2-7-14-13(6-1)17-15(22-14)9-21-12-5-3-4-11(8-12)20-10-16-18-19-20/h1-8,10H,9H2. The fraction of sp³-hybridized carbons (Fsp3) is 0.0667. The molecule has 0 aliphatic rings. The lowest BCUT2D eigenvalue weighted by Crippen LogP contribution is -1.98. The van der Waals surface area contributed by atoms with Gasteiger partial charge >= 0.3 is 0 Å². The van der Waals surface area contributed by atoms with Crippen molar-refractivity contribution in [1.29, 1.82) is 0 Å². The van der Waals surface area contributed by atoms with Crippen molar-refractivity contribution in [2.24, 2.45) is 0 Å². The Morgan fingerprint density at radius 1 is 1.09 bits per heavy atom. The summed E-state index contributed by atoms with van der Waals surface area (Å²) in [6, 6.07) is 15.7. The minimum Gasteiger partial charge on any atom is -0.486 e. The Labute approximate surface area is 130 Å². The number of benzene rings is 2. The van der Waals surface area contributed by atoms with E-state index in [1.54, 1.807) is 22.3 Å². The van der Waals surface area contributed by atoms with Crippen LogP contribution in [-0.4, -0.2) is 25.2 Å². The fourth-order valence-electron chi connectivity index (χ4n) is 2.12. The molecule has 0 fully saturated rings. The molecule has 0 amide bonds. The molecule has 0 N–H and O–H groups in total. The molecule has 2 aromatic carbocycles. The molecule has 0 atom stereocenters. The van der Waals surface area contributed by atoms with E-state index in [2.05, 4.69) is 26.6 Å². The maximum absolute atomic E-state index is 5.83. The molecule has 0 spiro atoms. The highest BCUT2D eigenvalue weighted by Crippen LogP contribution is 2.23. The summed E-state index contributed by atoms with van der Waals surface area (Å²) in [5.41, 5.74) is 1.86. The Morgan fingerprint density at radius 3 is 2.91 bits per heavy atom. The number of hydrogen-bond acceptors (Lipinski definition) is 6. The molecule has 0 saturated carbocycles. The quantitative estimate of drug-likeness (QED) is 0.580. The van der Waals surface area contributed by atoms with Gasteiger partial charge in [0.2, 0.25) is 0 Å². The van der Waals surface area contributed by atoms with Crippen molar-refractivity contribution in [3.05, 3.63) is 59.9 Å². The lowest BCUT2D eigenvalue weighted by molar-refractivity contribution is 0.305. The van der Waals surface area contributed by atoms with Gasteiger partial charge in [0.05, 0.1) is 15.9 Å². The van der Waals surface area contributed by atoms with Crippen LogP contribution in [0.1, 0.15) is 5.01 Å². The van der Waals surface area contributed by atoms with Gasteiger partial charge in [0.1, 0.15) is 23.7 Å². The maximum atomic E-state index is 5.83. The molecule has 7 heteroatoms. The van der Waals surface area contributed by atoms with Gasteiger partial charge in [-0.3, -0.25) is 0 Å². The highest BCUT2D eigenvalue weighted by atomic mass is 32.1. The number of para-hydroxylation sites is 1. The third-order valence-corrected chi connectivity index (χ3v) is 4.14. The van der Waals surface area contributed by atoms with Gasteiger partial charge in [-0.2, -0.15) is 0 Å². The minimum absolute atomic E-state index is 0.443. The van der Waals surface area contributed by atoms with Gasteiger partial charge in [-0.25, -0.2) is 9.67 Å². The van der Waals surface area contributed by atoms with E-state index in [-0.39, 0.29) is 0 Å². The molecule has 6 nitrogen and oxygen atoms in total. The van der Waals surface area contributed by atoms with Crippen LogP contribution in [0.25, 0.3) is 15.9 Å². The molecule has 0 aliphatic heterocycles. The number of nitrogens with zero attached hydrogens (tertiary/aromatic N) is 5. The van der Waals surface area contributed by atoms with E-state index in [1.807, 2.05) is 42.5 Å². The van der Waals surface area contributed by atoms with Crippen LogP contribution in [0, 0.1) is 0 Å². The van der Waals surface area contributed by atoms with E-state index < -0.39 is 0 Å². The van der Waals surface area contributed by atoms with E-state index in [9.17, 15) is 0 Å². The van der Waals surface area contributed by atoms with Crippen molar-refractivity contribution < 1.29 is 4.74 Å². The van der Waals surface area contributed by atoms with Crippen molar-refractivity contribution in [2.45, 2.75) is 6.61 Å². The van der Waals surface area contributed by atoms with Gasteiger partial charge < -0.3 is 4.74 Å². The fourth-order valence-corrected chi connectivity index (χ4v) is 3.00. The second kappa shape index (κ2) is 5.53. The van der Waals surface area contributed by atoms with Crippen molar-refractivity contribution in [3.63, 3.8) is 0 Å². The van der Waals surface area contributed by atoms with E-state index in [0.29, 0.717) is 6.61 Å². The summed E-state index contributed by atoms with van der Waals surface area (Å²) < 4.78 is 8.58. The third-order valence-electron chi connectivity index (χ3n) is 3.13. The zero-order valence-electron chi connectivity index (χ0n) is 11.5. The molecule has 0 radical (unpaired) electrons. The van der Waals surface area contributed by atoms with Crippen molar-refractivity contribution >= 4 is 21.6 Å². The van der Waals surface area contributed by atoms with Gasteiger partial charge in [0, 0.05) is 6.07 Å². The maximum Gasteiger partial charge on any atom is 0.143 e. The molecular weight excluding hydrogens is 298 g/mol. The van der Waals surface area contributed by atoms with E-state index in [1.165, 1.54) is 4.70 Å². The third kappa shape index (κ3) is 2.53. The van der Waals surface area contributed by atoms with Crippen molar-refractivity contribution in [2.75, 3.05) is 0 Å². The largest absolute Gasteiger partial charge is 0.486 e.